The number of Topliss-reactive ketones (excluding diaryl/α,β-unsaturated/α-hetero) is 1. The van der Waals surface area contributed by atoms with E-state index in [-0.39, 0.29) is 53.3 Å². The van der Waals surface area contributed by atoms with Crippen molar-refractivity contribution in [2.45, 2.75) is 68.1 Å². The molecule has 2 heterocycles. The van der Waals surface area contributed by atoms with Crippen molar-refractivity contribution in [3.63, 3.8) is 0 Å². The standard InChI is InChI=1S/C34H36F2O6S2/c1-22-2-4-27(36)19-25(22)21-40-28-7-11-31-24(20-28)3-10-32-30(33(37)18-23-13-16-43(38,39)17-14-23)12-15-34(31,32)44(41-42-44)29-8-5-26(35)6-9-29/h2,4-9,11,19-20,23,30,32H,3,10,12-18,21H2,1H3/t30?,32-,34+/m0/s1. The third-order valence-corrected chi connectivity index (χ3v) is 15.0. The minimum Gasteiger partial charge on any atom is -0.489 e. The van der Waals surface area contributed by atoms with Gasteiger partial charge < -0.3 is 4.74 Å². The Morgan fingerprint density at radius 1 is 0.932 bits per heavy atom. The third kappa shape index (κ3) is 5.17. The van der Waals surface area contributed by atoms with Crippen LogP contribution in [0.3, 0.4) is 0 Å². The van der Waals surface area contributed by atoms with Crippen LogP contribution in [0.5, 0.6) is 5.75 Å². The highest BCUT2D eigenvalue weighted by Gasteiger charge is 2.69. The summed E-state index contributed by atoms with van der Waals surface area (Å²) in [5, 5.41) is 0. The lowest BCUT2D eigenvalue weighted by atomic mass is 9.72. The summed E-state index contributed by atoms with van der Waals surface area (Å²) in [6.07, 6.45) is 4.36. The van der Waals surface area contributed by atoms with Crippen LogP contribution in [-0.4, -0.2) is 25.7 Å². The first-order chi connectivity index (χ1) is 21.1. The van der Waals surface area contributed by atoms with Gasteiger partial charge in [-0.05, 0) is 128 Å². The number of ketones is 1. The van der Waals surface area contributed by atoms with Gasteiger partial charge in [0.2, 0.25) is 0 Å². The second kappa shape index (κ2) is 11.2. The largest absolute Gasteiger partial charge is 0.489 e. The summed E-state index contributed by atoms with van der Waals surface area (Å²) >= 11 is 0. The van der Waals surface area contributed by atoms with Gasteiger partial charge in [0.1, 0.15) is 39.6 Å². The average molecular weight is 643 g/mol. The van der Waals surface area contributed by atoms with Gasteiger partial charge >= 0.3 is 0 Å². The first-order valence-corrected chi connectivity index (χ1v) is 18.6. The first kappa shape index (κ1) is 29.9. The van der Waals surface area contributed by atoms with E-state index >= 15 is 0 Å². The number of fused-ring (bicyclic) bond motifs is 3. The molecule has 44 heavy (non-hydrogen) atoms. The predicted molar refractivity (Wildman–Crippen MR) is 164 cm³/mol. The van der Waals surface area contributed by atoms with Gasteiger partial charge in [0.15, 0.2) is 0 Å². The number of ether oxygens (including phenoxy) is 1. The molecule has 2 aliphatic carbocycles. The zero-order valence-corrected chi connectivity index (χ0v) is 26.2. The molecule has 3 aromatic rings. The van der Waals surface area contributed by atoms with Gasteiger partial charge in [-0.1, -0.05) is 31.4 Å². The maximum Gasteiger partial charge on any atom is 0.150 e. The molecule has 2 aliphatic heterocycles. The molecule has 234 valence electrons. The molecule has 0 radical (unpaired) electrons. The van der Waals surface area contributed by atoms with Crippen LogP contribution in [0.15, 0.2) is 65.6 Å². The fourth-order valence-corrected chi connectivity index (χ4v) is 12.6. The Morgan fingerprint density at radius 3 is 2.39 bits per heavy atom. The molecule has 0 amide bonds. The normalized spacial score (nSPS) is 27.6. The Morgan fingerprint density at radius 2 is 1.66 bits per heavy atom. The van der Waals surface area contributed by atoms with E-state index in [9.17, 15) is 22.0 Å². The predicted octanol–water partition coefficient (Wildman–Crippen LogP) is 7.46. The number of carbonyl (C=O) groups is 1. The van der Waals surface area contributed by atoms with Crippen molar-refractivity contribution in [2.75, 3.05) is 11.5 Å². The Hall–Kier alpha value is -2.79. The van der Waals surface area contributed by atoms with E-state index in [1.165, 1.54) is 24.3 Å². The summed E-state index contributed by atoms with van der Waals surface area (Å²) in [6.45, 7) is 2.17. The molecule has 7 rings (SSSR count). The highest BCUT2D eigenvalue weighted by Crippen LogP contribution is 2.87. The van der Waals surface area contributed by atoms with Crippen molar-refractivity contribution in [1.29, 1.82) is 0 Å². The molecule has 0 bridgehead atoms. The lowest BCUT2D eigenvalue weighted by Gasteiger charge is -2.47. The van der Waals surface area contributed by atoms with E-state index in [2.05, 4.69) is 6.07 Å². The van der Waals surface area contributed by atoms with Crippen molar-refractivity contribution >= 4 is 26.2 Å². The number of aryl methyl sites for hydroxylation is 2. The summed E-state index contributed by atoms with van der Waals surface area (Å²) in [6, 6.07) is 17.0. The molecule has 3 fully saturated rings. The smallest absolute Gasteiger partial charge is 0.150 e. The lowest BCUT2D eigenvalue weighted by molar-refractivity contribution is -0.125. The minimum absolute atomic E-state index is 0.0286. The number of rotatable bonds is 8. The van der Waals surface area contributed by atoms with Gasteiger partial charge in [-0.25, -0.2) is 17.2 Å². The molecular weight excluding hydrogens is 606 g/mol. The maximum atomic E-state index is 14.0. The second-order valence-electron chi connectivity index (χ2n) is 12.7. The summed E-state index contributed by atoms with van der Waals surface area (Å²) in [4.78, 5) is 14.7. The van der Waals surface area contributed by atoms with Crippen molar-refractivity contribution < 1.29 is 35.4 Å². The van der Waals surface area contributed by atoms with Crippen LogP contribution in [0.2, 0.25) is 0 Å². The number of hydrogen-bond acceptors (Lipinski definition) is 6. The fourth-order valence-electron chi connectivity index (χ4n) is 7.89. The summed E-state index contributed by atoms with van der Waals surface area (Å²) in [7, 11) is -5.31. The topological polar surface area (TPSA) is 85.5 Å². The number of halogens is 2. The lowest BCUT2D eigenvalue weighted by Crippen LogP contribution is -2.40. The van der Waals surface area contributed by atoms with E-state index in [0.717, 1.165) is 40.0 Å². The van der Waals surface area contributed by atoms with Crippen molar-refractivity contribution in [3.05, 3.63) is 94.6 Å². The number of benzene rings is 3. The molecule has 1 saturated carbocycles. The first-order valence-electron chi connectivity index (χ1n) is 15.3. The van der Waals surface area contributed by atoms with Crippen LogP contribution >= 0.6 is 10.6 Å². The van der Waals surface area contributed by atoms with Crippen molar-refractivity contribution in [3.8, 4) is 5.75 Å². The van der Waals surface area contributed by atoms with Crippen LogP contribution in [0.1, 0.15) is 60.8 Å². The molecule has 4 aliphatic rings. The second-order valence-corrected chi connectivity index (χ2v) is 17.5. The van der Waals surface area contributed by atoms with E-state index < -0.39 is 25.2 Å². The van der Waals surface area contributed by atoms with Crippen LogP contribution in [0, 0.1) is 36.3 Å². The average Bonchev–Trinajstić information content (AvgIpc) is 3.72. The maximum absolute atomic E-state index is 14.0. The fraction of sp³-hybridized carbons (Fsp3) is 0.441. The van der Waals surface area contributed by atoms with Gasteiger partial charge in [0, 0.05) is 12.3 Å². The Balaban J connectivity index is 1.21. The monoisotopic (exact) mass is 642 g/mol. The van der Waals surface area contributed by atoms with Crippen LogP contribution < -0.4 is 4.74 Å². The molecular formula is C34H36F2O6S2. The number of hydrogen-bond donors (Lipinski definition) is 0. The zero-order valence-electron chi connectivity index (χ0n) is 24.6. The van der Waals surface area contributed by atoms with Gasteiger partial charge in [0.25, 0.3) is 0 Å². The van der Waals surface area contributed by atoms with Crippen LogP contribution in [-0.2, 0) is 41.1 Å². The molecule has 3 atom stereocenters. The zero-order chi connectivity index (χ0) is 30.7. The molecule has 2 saturated heterocycles. The molecule has 1 unspecified atom stereocenters. The Kier molecular flexibility index (Phi) is 7.63. The summed E-state index contributed by atoms with van der Waals surface area (Å²) < 4.78 is 69.3. The Labute approximate surface area is 258 Å². The minimum atomic E-state index is -3.00. The molecule has 0 aromatic heterocycles. The van der Waals surface area contributed by atoms with E-state index in [0.29, 0.717) is 37.9 Å². The summed E-state index contributed by atoms with van der Waals surface area (Å²) in [5.41, 5.74) is 3.93. The van der Waals surface area contributed by atoms with Crippen molar-refractivity contribution in [1.82, 2.24) is 0 Å². The van der Waals surface area contributed by atoms with Gasteiger partial charge in [-0.2, -0.15) is 0 Å². The third-order valence-electron chi connectivity index (χ3n) is 10.3. The molecule has 0 spiro atoms. The van der Waals surface area contributed by atoms with Gasteiger partial charge in [-0.15, -0.1) is 0 Å². The van der Waals surface area contributed by atoms with E-state index in [1.54, 1.807) is 18.2 Å². The van der Waals surface area contributed by atoms with E-state index in [4.69, 9.17) is 13.4 Å². The molecule has 3 aromatic carbocycles. The van der Waals surface area contributed by atoms with Crippen molar-refractivity contribution in [2.24, 2.45) is 17.8 Å². The summed E-state index contributed by atoms with van der Waals surface area (Å²) in [5.74, 6) is 0.413. The number of carbonyl (C=O) groups excluding carboxylic acids is 1. The van der Waals surface area contributed by atoms with Gasteiger partial charge in [0.05, 0.1) is 21.1 Å². The van der Waals surface area contributed by atoms with E-state index in [1.807, 2.05) is 19.1 Å². The van der Waals surface area contributed by atoms with Crippen LogP contribution in [0.25, 0.3) is 0 Å². The van der Waals surface area contributed by atoms with Gasteiger partial charge in [-0.3, -0.25) is 4.79 Å². The molecule has 6 nitrogen and oxygen atoms in total. The SMILES string of the molecule is Cc1ccc(F)cc1COc1ccc2c(c1)CC[C@H]1C(C(=O)CC3CCS(=O)(=O)CC3)CC[C@@]21S1(c2ccc(F)cc2)OO1. The number of sulfone groups is 1. The highest BCUT2D eigenvalue weighted by atomic mass is 32.3. The molecule has 10 heteroatoms. The van der Waals surface area contributed by atoms with Crippen LogP contribution in [0.4, 0.5) is 8.78 Å². The highest BCUT2D eigenvalue weighted by molar-refractivity contribution is 8.30. The quantitative estimate of drug-likeness (QED) is 0.187. The Bertz CT molecular complexity index is 1690. The molecule has 0 N–H and O–H groups in total.